The van der Waals surface area contributed by atoms with E-state index in [1.165, 1.54) is 0 Å². The van der Waals surface area contributed by atoms with Gasteiger partial charge in [-0.1, -0.05) is 32.9 Å². The first-order valence-corrected chi connectivity index (χ1v) is 8.71. The van der Waals surface area contributed by atoms with E-state index in [0.29, 0.717) is 5.56 Å². The van der Waals surface area contributed by atoms with Crippen molar-refractivity contribution in [3.63, 3.8) is 0 Å². The van der Waals surface area contributed by atoms with Crippen molar-refractivity contribution in [3.05, 3.63) is 34.9 Å². The highest BCUT2D eigenvalue weighted by Crippen LogP contribution is 2.67. The van der Waals surface area contributed by atoms with Gasteiger partial charge in [0.1, 0.15) is 5.16 Å². The predicted octanol–water partition coefficient (Wildman–Crippen LogP) is 4.62. The summed E-state index contributed by atoms with van der Waals surface area (Å²) >= 11 is 0. The summed E-state index contributed by atoms with van der Waals surface area (Å²) < 4.78 is 23.4. The van der Waals surface area contributed by atoms with Crippen LogP contribution in [0.5, 0.6) is 0 Å². The Morgan fingerprint density at radius 1 is 1.29 bits per heavy atom. The van der Waals surface area contributed by atoms with Crippen LogP contribution in [0.4, 0.5) is 0 Å². The first-order chi connectivity index (χ1) is 9.53. The molecule has 0 fully saturated rings. The molecule has 2 rings (SSSR count). The van der Waals surface area contributed by atoms with Gasteiger partial charge in [-0.15, -0.1) is 0 Å². The molecule has 0 saturated heterocycles. The van der Waals surface area contributed by atoms with Gasteiger partial charge in [0.15, 0.2) is 0 Å². The van der Waals surface area contributed by atoms with Gasteiger partial charge in [0.05, 0.1) is 12.2 Å². The van der Waals surface area contributed by atoms with Crippen LogP contribution >= 0.6 is 7.60 Å². The summed E-state index contributed by atoms with van der Waals surface area (Å²) in [6, 6.07) is 5.70. The van der Waals surface area contributed by atoms with Gasteiger partial charge in [0, 0.05) is 0 Å². The lowest BCUT2D eigenvalue weighted by molar-refractivity contribution is 0.0665. The van der Waals surface area contributed by atoms with Crippen molar-refractivity contribution in [3.8, 4) is 0 Å². The Hall–Kier alpha value is -1.12. The zero-order valence-electron chi connectivity index (χ0n) is 13.5. The largest absolute Gasteiger partial charge is 0.391 e. The average Bonchev–Trinajstić information content (AvgIpc) is 2.35. The van der Waals surface area contributed by atoms with Gasteiger partial charge in [-0.25, -0.2) is 9.36 Å². The van der Waals surface area contributed by atoms with Crippen LogP contribution in [0.2, 0.25) is 0 Å². The molecule has 0 N–H and O–H groups in total. The molecule has 4 nitrogen and oxygen atoms in total. The highest BCUT2D eigenvalue weighted by atomic mass is 31.2. The fourth-order valence-electron chi connectivity index (χ4n) is 2.49. The molecule has 0 bridgehead atoms. The molecule has 1 aliphatic rings. The molecule has 1 heterocycles. The van der Waals surface area contributed by atoms with Crippen molar-refractivity contribution >= 4 is 13.6 Å². The molecule has 1 unspecified atom stereocenters. The normalized spacial score (nSPS) is 24.4. The van der Waals surface area contributed by atoms with Crippen LogP contribution in [-0.4, -0.2) is 12.6 Å². The molecule has 1 aliphatic heterocycles. The van der Waals surface area contributed by atoms with E-state index >= 15 is 0 Å². The van der Waals surface area contributed by atoms with E-state index < -0.39 is 18.7 Å². The highest BCUT2D eigenvalue weighted by molar-refractivity contribution is 7.55. The van der Waals surface area contributed by atoms with Crippen molar-refractivity contribution < 1.29 is 18.4 Å². The molecule has 0 spiro atoms. The molecule has 0 aromatic heterocycles. The molecular weight excluding hydrogens is 287 g/mol. The van der Waals surface area contributed by atoms with Gasteiger partial charge >= 0.3 is 13.6 Å². The number of carbonyl (C=O) groups is 1. The lowest BCUT2D eigenvalue weighted by Crippen LogP contribution is -2.31. The van der Waals surface area contributed by atoms with Crippen molar-refractivity contribution in [2.45, 2.75) is 52.1 Å². The first kappa shape index (κ1) is 16.3. The zero-order chi connectivity index (χ0) is 16.1. The van der Waals surface area contributed by atoms with Crippen molar-refractivity contribution in [1.82, 2.24) is 0 Å². The van der Waals surface area contributed by atoms with Gasteiger partial charge < -0.3 is 4.52 Å². The third-order valence-corrected chi connectivity index (χ3v) is 6.57. The van der Waals surface area contributed by atoms with Crippen molar-refractivity contribution in [2.24, 2.45) is 0 Å². The molecule has 21 heavy (non-hydrogen) atoms. The maximum atomic E-state index is 12.9. The summed E-state index contributed by atoms with van der Waals surface area (Å²) in [4.78, 5) is 12.3. The number of carbonyl (C=O) groups excluding carboxylic acids is 1. The van der Waals surface area contributed by atoms with Gasteiger partial charge in [0.2, 0.25) is 0 Å². The lowest BCUT2D eigenvalue weighted by Gasteiger charge is -2.38. The monoisotopic (exact) mass is 310 g/mol. The lowest BCUT2D eigenvalue weighted by atomic mass is 9.83. The Morgan fingerprint density at radius 2 is 1.90 bits per heavy atom. The predicted molar refractivity (Wildman–Crippen MR) is 82.8 cm³/mol. The molecule has 0 aliphatic carbocycles. The summed E-state index contributed by atoms with van der Waals surface area (Å²) in [6.45, 7) is 11.8. The summed E-state index contributed by atoms with van der Waals surface area (Å²) in [5.41, 5.74) is 2.19. The SMILES string of the molecule is CCOP1(=O)OC(=O)c2cc(C(C)(C)C)ccc2C1(C)C. The molecule has 1 aromatic carbocycles. The van der Waals surface area contributed by atoms with Crippen molar-refractivity contribution in [1.29, 1.82) is 0 Å². The second-order valence-corrected chi connectivity index (χ2v) is 9.42. The van der Waals surface area contributed by atoms with E-state index in [1.807, 2.05) is 18.2 Å². The average molecular weight is 310 g/mol. The van der Waals surface area contributed by atoms with Crippen LogP contribution < -0.4 is 0 Å². The maximum absolute atomic E-state index is 12.9. The van der Waals surface area contributed by atoms with Gasteiger partial charge in [0.25, 0.3) is 0 Å². The molecule has 116 valence electrons. The van der Waals surface area contributed by atoms with E-state index in [2.05, 4.69) is 20.8 Å². The molecule has 0 saturated carbocycles. The third kappa shape index (κ3) is 2.56. The third-order valence-electron chi connectivity index (χ3n) is 3.95. The second-order valence-electron chi connectivity index (χ2n) is 6.86. The topological polar surface area (TPSA) is 52.6 Å². The Kier molecular flexibility index (Phi) is 3.84. The fourth-order valence-corrected chi connectivity index (χ4v) is 4.24. The number of rotatable bonds is 2. The Labute approximate surface area is 126 Å². The van der Waals surface area contributed by atoms with E-state index in [1.54, 1.807) is 20.8 Å². The summed E-state index contributed by atoms with van der Waals surface area (Å²) in [5.74, 6) is -0.563. The second kappa shape index (κ2) is 4.96. The molecule has 0 radical (unpaired) electrons. The Balaban J connectivity index is 2.62. The number of hydrogen-bond acceptors (Lipinski definition) is 4. The number of hydrogen-bond donors (Lipinski definition) is 0. The van der Waals surface area contributed by atoms with Gasteiger partial charge in [-0.05, 0) is 43.4 Å². The van der Waals surface area contributed by atoms with Gasteiger partial charge in [-0.2, -0.15) is 0 Å². The molecule has 1 atom stereocenters. The Bertz CT molecular complexity index is 626. The molecule has 1 aromatic rings. The van der Waals surface area contributed by atoms with Crippen LogP contribution in [0.15, 0.2) is 18.2 Å². The van der Waals surface area contributed by atoms with E-state index in [4.69, 9.17) is 9.05 Å². The summed E-state index contributed by atoms with van der Waals surface area (Å²) in [7, 11) is -3.51. The van der Waals surface area contributed by atoms with E-state index in [-0.39, 0.29) is 12.0 Å². The molecule has 5 heteroatoms. The number of benzene rings is 1. The minimum atomic E-state index is -3.51. The van der Waals surface area contributed by atoms with E-state index in [0.717, 1.165) is 11.1 Å². The highest BCUT2D eigenvalue weighted by Gasteiger charge is 2.52. The number of fused-ring (bicyclic) bond motifs is 1. The van der Waals surface area contributed by atoms with Crippen LogP contribution in [-0.2, 0) is 24.2 Å². The standard InChI is InChI=1S/C16H23O4P/c1-7-19-21(18)16(5,6)13-9-8-11(15(2,3)4)10-12(13)14(17)20-21/h8-10H,7H2,1-6H3. The smallest absolute Gasteiger partial charge is 0.387 e. The summed E-state index contributed by atoms with van der Waals surface area (Å²) in [5, 5.41) is -0.845. The zero-order valence-corrected chi connectivity index (χ0v) is 14.4. The summed E-state index contributed by atoms with van der Waals surface area (Å²) in [6.07, 6.45) is 0. The minimum Gasteiger partial charge on any atom is -0.387 e. The Morgan fingerprint density at radius 3 is 2.43 bits per heavy atom. The fraction of sp³-hybridized carbons (Fsp3) is 0.562. The minimum absolute atomic E-state index is 0.0689. The van der Waals surface area contributed by atoms with Crippen LogP contribution in [0, 0.1) is 0 Å². The van der Waals surface area contributed by atoms with E-state index in [9.17, 15) is 9.36 Å². The quantitative estimate of drug-likeness (QED) is 0.748. The van der Waals surface area contributed by atoms with Crippen LogP contribution in [0.25, 0.3) is 0 Å². The molecular formula is C16H23O4P. The van der Waals surface area contributed by atoms with Crippen LogP contribution in [0.3, 0.4) is 0 Å². The maximum Gasteiger partial charge on any atom is 0.391 e. The van der Waals surface area contributed by atoms with Crippen LogP contribution in [0.1, 0.15) is 63.0 Å². The van der Waals surface area contributed by atoms with Crippen molar-refractivity contribution in [2.75, 3.05) is 6.61 Å². The molecule has 0 amide bonds. The first-order valence-electron chi connectivity index (χ1n) is 7.16. The van der Waals surface area contributed by atoms with Gasteiger partial charge in [-0.3, -0.25) is 4.52 Å².